The molecule has 1 N–H and O–H groups in total. The number of carbonyl (C=O) groups excluding carboxylic acids is 1. The Hall–Kier alpha value is -2.69. The van der Waals surface area contributed by atoms with Crippen LogP contribution in [0.5, 0.6) is 17.2 Å². The predicted molar refractivity (Wildman–Crippen MR) is 102 cm³/mol. The molecule has 0 heterocycles. The average molecular weight is 357 g/mol. The highest BCUT2D eigenvalue weighted by Crippen LogP contribution is 2.29. The van der Waals surface area contributed by atoms with E-state index in [2.05, 4.69) is 5.32 Å². The van der Waals surface area contributed by atoms with Gasteiger partial charge < -0.3 is 19.5 Å². The Morgan fingerprint density at radius 3 is 2.38 bits per heavy atom. The summed E-state index contributed by atoms with van der Waals surface area (Å²) < 4.78 is 16.8. The highest BCUT2D eigenvalue weighted by molar-refractivity contribution is 5.80. The van der Waals surface area contributed by atoms with E-state index in [1.165, 1.54) is 0 Å². The molecule has 2 aromatic carbocycles. The summed E-state index contributed by atoms with van der Waals surface area (Å²) in [5, 5.41) is 2.89. The van der Waals surface area contributed by atoms with Gasteiger partial charge >= 0.3 is 0 Å². The van der Waals surface area contributed by atoms with Gasteiger partial charge in [-0.3, -0.25) is 4.79 Å². The van der Waals surface area contributed by atoms with Gasteiger partial charge in [0, 0.05) is 6.54 Å². The molecule has 2 aromatic rings. The van der Waals surface area contributed by atoms with Crippen LogP contribution in [0.4, 0.5) is 0 Å². The summed E-state index contributed by atoms with van der Waals surface area (Å²) in [5.41, 5.74) is 1.92. The van der Waals surface area contributed by atoms with Gasteiger partial charge in [-0.15, -0.1) is 0 Å². The Labute approximate surface area is 155 Å². The van der Waals surface area contributed by atoms with Gasteiger partial charge in [0.1, 0.15) is 5.75 Å². The average Bonchev–Trinajstić information content (AvgIpc) is 2.61. The molecule has 5 heteroatoms. The lowest BCUT2D eigenvalue weighted by Gasteiger charge is -2.17. The van der Waals surface area contributed by atoms with Gasteiger partial charge in [-0.25, -0.2) is 0 Å². The lowest BCUT2D eigenvalue weighted by Crippen LogP contribution is -2.36. The van der Waals surface area contributed by atoms with Crippen LogP contribution in [-0.2, 0) is 11.3 Å². The number of aryl methyl sites for hydroxylation is 1. The largest absolute Gasteiger partial charge is 0.493 e. The molecule has 0 saturated carbocycles. The Morgan fingerprint density at radius 1 is 1.00 bits per heavy atom. The summed E-state index contributed by atoms with van der Waals surface area (Å²) >= 11 is 0. The third-order valence-corrected chi connectivity index (χ3v) is 3.82. The van der Waals surface area contributed by atoms with Gasteiger partial charge in [0.25, 0.3) is 5.91 Å². The molecule has 0 fully saturated rings. The van der Waals surface area contributed by atoms with Crippen LogP contribution in [-0.4, -0.2) is 25.2 Å². The van der Waals surface area contributed by atoms with Gasteiger partial charge in [0.2, 0.25) is 0 Å². The molecule has 0 aliphatic carbocycles. The fraction of sp³-hybridized carbons (Fsp3) is 0.381. The molecule has 140 valence electrons. The normalized spacial score (nSPS) is 11.8. The highest BCUT2D eigenvalue weighted by Gasteiger charge is 2.15. The first-order valence-corrected chi connectivity index (χ1v) is 8.74. The molecule has 0 bridgehead atoms. The number of hydrogen-bond acceptors (Lipinski definition) is 4. The van der Waals surface area contributed by atoms with Crippen LogP contribution < -0.4 is 19.5 Å². The molecule has 0 aliphatic heterocycles. The molecule has 26 heavy (non-hydrogen) atoms. The number of rotatable bonds is 8. The van der Waals surface area contributed by atoms with E-state index < -0.39 is 6.10 Å². The molecule has 0 saturated heterocycles. The zero-order chi connectivity index (χ0) is 19.1. The van der Waals surface area contributed by atoms with Crippen LogP contribution in [0.25, 0.3) is 0 Å². The molecule has 0 aliphatic rings. The summed E-state index contributed by atoms with van der Waals surface area (Å²) in [5.74, 6) is 1.88. The second-order valence-electron chi connectivity index (χ2n) is 6.40. The predicted octanol–water partition coefficient (Wildman–Crippen LogP) is 3.87. The first-order chi connectivity index (χ1) is 12.4. The van der Waals surface area contributed by atoms with Gasteiger partial charge in [0.05, 0.1) is 13.2 Å². The number of ether oxygens (including phenoxy) is 3. The second-order valence-corrected chi connectivity index (χ2v) is 6.40. The van der Waals surface area contributed by atoms with Crippen LogP contribution in [0.1, 0.15) is 31.9 Å². The monoisotopic (exact) mass is 357 g/mol. The topological polar surface area (TPSA) is 56.8 Å². The minimum absolute atomic E-state index is 0.0638. The van der Waals surface area contributed by atoms with Crippen LogP contribution in [0.2, 0.25) is 0 Å². The standard InChI is InChI=1S/C21H27NO4/c1-14(2)25-19-11-10-17(12-20(19)24-5)13-22-21(23)16(4)26-18-9-7-6-8-15(18)3/h6-12,14,16H,13H2,1-5H3,(H,22,23)/t16-/m0/s1. The van der Waals surface area contributed by atoms with Crippen molar-refractivity contribution < 1.29 is 19.0 Å². The van der Waals surface area contributed by atoms with Crippen molar-refractivity contribution in [2.45, 2.75) is 46.4 Å². The first-order valence-electron chi connectivity index (χ1n) is 8.74. The number of amides is 1. The minimum atomic E-state index is -0.582. The van der Waals surface area contributed by atoms with Crippen molar-refractivity contribution in [3.8, 4) is 17.2 Å². The fourth-order valence-corrected chi connectivity index (χ4v) is 2.44. The Kier molecular flexibility index (Phi) is 6.89. The van der Waals surface area contributed by atoms with Gasteiger partial charge in [-0.2, -0.15) is 0 Å². The van der Waals surface area contributed by atoms with Crippen LogP contribution in [0.15, 0.2) is 42.5 Å². The Morgan fingerprint density at radius 2 is 1.73 bits per heavy atom. The van der Waals surface area contributed by atoms with E-state index in [1.54, 1.807) is 14.0 Å². The highest BCUT2D eigenvalue weighted by atomic mass is 16.5. The lowest BCUT2D eigenvalue weighted by atomic mass is 10.2. The second kappa shape index (κ2) is 9.13. The molecule has 0 aromatic heterocycles. The summed E-state index contributed by atoms with van der Waals surface area (Å²) in [6, 6.07) is 13.3. The van der Waals surface area contributed by atoms with Crippen molar-refractivity contribution in [2.24, 2.45) is 0 Å². The molecule has 5 nitrogen and oxygen atoms in total. The Balaban J connectivity index is 1.95. The quantitative estimate of drug-likeness (QED) is 0.779. The fourth-order valence-electron chi connectivity index (χ4n) is 2.44. The smallest absolute Gasteiger partial charge is 0.261 e. The third-order valence-electron chi connectivity index (χ3n) is 3.82. The van der Waals surface area contributed by atoms with Crippen LogP contribution >= 0.6 is 0 Å². The van der Waals surface area contributed by atoms with Crippen molar-refractivity contribution >= 4 is 5.91 Å². The Bertz CT molecular complexity index is 743. The number of hydrogen-bond donors (Lipinski definition) is 1. The molecule has 1 atom stereocenters. The SMILES string of the molecule is COc1cc(CNC(=O)[C@H](C)Oc2ccccc2C)ccc1OC(C)C. The molecule has 0 spiro atoms. The van der Waals surface area contributed by atoms with Crippen molar-refractivity contribution in [1.82, 2.24) is 5.32 Å². The number of benzene rings is 2. The van der Waals surface area contributed by atoms with Crippen molar-refractivity contribution in [2.75, 3.05) is 7.11 Å². The zero-order valence-corrected chi connectivity index (χ0v) is 16.0. The first kappa shape index (κ1) is 19.6. The van der Waals surface area contributed by atoms with Crippen molar-refractivity contribution in [3.05, 3.63) is 53.6 Å². The van der Waals surface area contributed by atoms with Gasteiger partial charge in [-0.1, -0.05) is 24.3 Å². The summed E-state index contributed by atoms with van der Waals surface area (Å²) in [7, 11) is 1.60. The van der Waals surface area contributed by atoms with Crippen LogP contribution in [0.3, 0.4) is 0 Å². The number of nitrogens with one attached hydrogen (secondary N) is 1. The van der Waals surface area contributed by atoms with E-state index in [4.69, 9.17) is 14.2 Å². The maximum atomic E-state index is 12.3. The van der Waals surface area contributed by atoms with Crippen molar-refractivity contribution in [1.29, 1.82) is 0 Å². The maximum Gasteiger partial charge on any atom is 0.261 e. The third kappa shape index (κ3) is 5.41. The van der Waals surface area contributed by atoms with E-state index in [-0.39, 0.29) is 12.0 Å². The van der Waals surface area contributed by atoms with E-state index in [0.717, 1.165) is 11.1 Å². The van der Waals surface area contributed by atoms with Crippen LogP contribution in [0, 0.1) is 6.92 Å². The summed E-state index contributed by atoms with van der Waals surface area (Å²) in [6.07, 6.45) is -0.518. The molecular formula is C21H27NO4. The van der Waals surface area contributed by atoms with Gasteiger partial charge in [-0.05, 0) is 57.0 Å². The molecule has 0 unspecified atom stereocenters. The molecular weight excluding hydrogens is 330 g/mol. The van der Waals surface area contributed by atoms with E-state index in [9.17, 15) is 4.79 Å². The van der Waals surface area contributed by atoms with E-state index in [1.807, 2.05) is 63.2 Å². The summed E-state index contributed by atoms with van der Waals surface area (Å²) in [6.45, 7) is 8.00. The number of methoxy groups -OCH3 is 1. The molecule has 1 amide bonds. The maximum absolute atomic E-state index is 12.3. The zero-order valence-electron chi connectivity index (χ0n) is 16.0. The molecule has 2 rings (SSSR count). The van der Waals surface area contributed by atoms with E-state index in [0.29, 0.717) is 23.8 Å². The number of carbonyl (C=O) groups is 1. The molecule has 0 radical (unpaired) electrons. The van der Waals surface area contributed by atoms with E-state index >= 15 is 0 Å². The minimum Gasteiger partial charge on any atom is -0.493 e. The number of para-hydroxylation sites is 1. The van der Waals surface area contributed by atoms with Crippen molar-refractivity contribution in [3.63, 3.8) is 0 Å². The lowest BCUT2D eigenvalue weighted by molar-refractivity contribution is -0.127. The summed E-state index contributed by atoms with van der Waals surface area (Å²) in [4.78, 5) is 12.3. The van der Waals surface area contributed by atoms with Gasteiger partial charge in [0.15, 0.2) is 17.6 Å².